The van der Waals surface area contributed by atoms with E-state index >= 15 is 0 Å². The van der Waals surface area contributed by atoms with Crippen molar-refractivity contribution in [3.63, 3.8) is 0 Å². The molecular formula is C65H57N3. The molecule has 0 amide bonds. The summed E-state index contributed by atoms with van der Waals surface area (Å²) < 4.78 is 0. The monoisotopic (exact) mass is 879 g/mol. The average molecular weight is 880 g/mol. The van der Waals surface area contributed by atoms with E-state index in [0.717, 1.165) is 42.9 Å². The second-order valence-electron chi connectivity index (χ2n) is 17.5. The van der Waals surface area contributed by atoms with Crippen molar-refractivity contribution >= 4 is 55.7 Å². The highest BCUT2D eigenvalue weighted by Gasteiger charge is 2.22. The van der Waals surface area contributed by atoms with Gasteiger partial charge in [0.25, 0.3) is 0 Å². The number of allylic oxidation sites excluding steroid dienone is 11. The number of hydrogen-bond donors (Lipinski definition) is 0. The lowest BCUT2D eigenvalue weighted by atomic mass is 9.90. The summed E-state index contributed by atoms with van der Waals surface area (Å²) in [6.07, 6.45) is 27.9. The molecule has 10 rings (SSSR count). The molecule has 2 aliphatic rings. The van der Waals surface area contributed by atoms with Gasteiger partial charge < -0.3 is 14.7 Å². The van der Waals surface area contributed by atoms with Crippen molar-refractivity contribution in [1.29, 1.82) is 0 Å². The molecule has 0 radical (unpaired) electrons. The fraction of sp³-hybridized carbons (Fsp3) is 0.108. The molecule has 2 aliphatic carbocycles. The third-order valence-corrected chi connectivity index (χ3v) is 13.1. The van der Waals surface area contributed by atoms with E-state index in [2.05, 4.69) is 283 Å². The number of hydrogen-bond acceptors (Lipinski definition) is 3. The lowest BCUT2D eigenvalue weighted by molar-refractivity contribution is 0.776. The number of benzene rings is 8. The van der Waals surface area contributed by atoms with Crippen LogP contribution in [0.2, 0.25) is 0 Å². The quantitative estimate of drug-likeness (QED) is 0.101. The van der Waals surface area contributed by atoms with Crippen LogP contribution < -0.4 is 14.7 Å². The van der Waals surface area contributed by atoms with Gasteiger partial charge in [-0.15, -0.1) is 0 Å². The van der Waals surface area contributed by atoms with Crippen LogP contribution >= 0.6 is 0 Å². The second kappa shape index (κ2) is 20.6. The largest absolute Gasteiger partial charge is 0.337 e. The average Bonchev–Trinajstić information content (AvgIpc) is 3.65. The number of rotatable bonds is 14. The zero-order valence-electron chi connectivity index (χ0n) is 39.0. The lowest BCUT2D eigenvalue weighted by Crippen LogP contribution is -2.18. The van der Waals surface area contributed by atoms with Gasteiger partial charge in [-0.25, -0.2) is 0 Å². The molecule has 0 bridgehead atoms. The predicted octanol–water partition coefficient (Wildman–Crippen LogP) is 17.8. The Labute approximate surface area is 402 Å². The Morgan fingerprint density at radius 2 is 1.10 bits per heavy atom. The van der Waals surface area contributed by atoms with Gasteiger partial charge in [0.1, 0.15) is 0 Å². The smallest absolute Gasteiger partial charge is 0.0537 e. The predicted molar refractivity (Wildman–Crippen MR) is 293 cm³/mol. The second-order valence-corrected chi connectivity index (χ2v) is 17.5. The first-order valence-electron chi connectivity index (χ1n) is 24.0. The third-order valence-electron chi connectivity index (χ3n) is 13.1. The van der Waals surface area contributed by atoms with Crippen molar-refractivity contribution in [2.24, 2.45) is 5.92 Å². The number of aryl methyl sites for hydroxylation is 1. The summed E-state index contributed by atoms with van der Waals surface area (Å²) >= 11 is 0. The zero-order valence-corrected chi connectivity index (χ0v) is 39.0. The maximum atomic E-state index is 2.46. The van der Waals surface area contributed by atoms with Crippen LogP contribution in [0.1, 0.15) is 31.7 Å². The summed E-state index contributed by atoms with van der Waals surface area (Å²) in [4.78, 5) is 7.25. The first kappa shape index (κ1) is 43.7. The van der Waals surface area contributed by atoms with Crippen LogP contribution in [0.5, 0.6) is 0 Å². The van der Waals surface area contributed by atoms with Crippen molar-refractivity contribution in [3.05, 3.63) is 277 Å². The molecule has 8 aromatic carbocycles. The number of nitrogens with zero attached hydrogens (tertiary/aromatic N) is 3. The van der Waals surface area contributed by atoms with Crippen molar-refractivity contribution in [2.45, 2.75) is 33.1 Å². The van der Waals surface area contributed by atoms with E-state index in [4.69, 9.17) is 0 Å². The summed E-state index contributed by atoms with van der Waals surface area (Å²) in [5.74, 6) is 0.267. The molecule has 0 heterocycles. The van der Waals surface area contributed by atoms with Crippen LogP contribution in [0.25, 0.3) is 32.7 Å². The van der Waals surface area contributed by atoms with Gasteiger partial charge >= 0.3 is 0 Å². The molecule has 0 aliphatic heterocycles. The van der Waals surface area contributed by atoms with E-state index in [9.17, 15) is 0 Å². The van der Waals surface area contributed by atoms with Crippen LogP contribution in [0, 0.1) is 12.8 Å². The molecular weight excluding hydrogens is 823 g/mol. The van der Waals surface area contributed by atoms with E-state index in [-0.39, 0.29) is 5.92 Å². The first-order chi connectivity index (χ1) is 33.6. The van der Waals surface area contributed by atoms with Crippen LogP contribution in [0.3, 0.4) is 0 Å². The molecule has 0 saturated carbocycles. The Morgan fingerprint density at radius 3 is 1.79 bits per heavy atom. The van der Waals surface area contributed by atoms with Crippen LogP contribution in [-0.4, -0.2) is 6.54 Å². The highest BCUT2D eigenvalue weighted by molar-refractivity contribution is 5.98. The van der Waals surface area contributed by atoms with Gasteiger partial charge in [0.2, 0.25) is 0 Å². The summed E-state index contributed by atoms with van der Waals surface area (Å²) in [7, 11) is 0. The summed E-state index contributed by atoms with van der Waals surface area (Å²) in [5.41, 5.74) is 14.4. The molecule has 8 aromatic rings. The third kappa shape index (κ3) is 9.43. The standard InChI is InChI=1S/C65H57N3/c1-3-4-5-6-16-48-66(64-32-18-24-54-21-11-13-29-61(54)64)56-41-34-52(35-42-56)53-39-46-60(47-40-53)67(57-26-8-7-9-27-57)59-44-37-51(38-45-59)50-23-17-28-58(43-36-50)68(63-31-15-10-20-49(63)2)65-33-19-25-55-22-12-14-30-62(55)65/h4-27,29-37,39-47,51H,3,28,38,48H2,1-2H3/b5-4-,16-6-. The minimum absolute atomic E-state index is 0.267. The Balaban J connectivity index is 0.896. The van der Waals surface area contributed by atoms with Gasteiger partial charge in [0.15, 0.2) is 0 Å². The van der Waals surface area contributed by atoms with Crippen molar-refractivity contribution < 1.29 is 0 Å². The van der Waals surface area contributed by atoms with E-state index < -0.39 is 0 Å². The maximum Gasteiger partial charge on any atom is 0.0537 e. The van der Waals surface area contributed by atoms with Crippen LogP contribution in [0.4, 0.5) is 34.1 Å². The molecule has 3 heteroatoms. The molecule has 1 unspecified atom stereocenters. The Kier molecular flexibility index (Phi) is 13.2. The maximum absolute atomic E-state index is 2.46. The highest BCUT2D eigenvalue weighted by atomic mass is 15.2. The molecule has 0 fully saturated rings. The fourth-order valence-corrected chi connectivity index (χ4v) is 9.63. The van der Waals surface area contributed by atoms with Crippen molar-refractivity contribution in [2.75, 3.05) is 21.2 Å². The summed E-state index contributed by atoms with van der Waals surface area (Å²) in [6, 6.07) is 68.0. The Bertz CT molecular complexity index is 3240. The van der Waals surface area contributed by atoms with Crippen LogP contribution in [-0.2, 0) is 0 Å². The molecule has 68 heavy (non-hydrogen) atoms. The van der Waals surface area contributed by atoms with Gasteiger partial charge in [0, 0.05) is 69.5 Å². The van der Waals surface area contributed by atoms with E-state index in [1.165, 1.54) is 72.3 Å². The van der Waals surface area contributed by atoms with Gasteiger partial charge in [-0.2, -0.15) is 0 Å². The minimum atomic E-state index is 0.267. The number of fused-ring (bicyclic) bond motifs is 2. The van der Waals surface area contributed by atoms with E-state index in [1.54, 1.807) is 0 Å². The number of anilines is 6. The molecule has 0 N–H and O–H groups in total. The van der Waals surface area contributed by atoms with Gasteiger partial charge in [-0.05, 0) is 120 Å². The summed E-state index contributed by atoms with van der Waals surface area (Å²) in [5, 5.41) is 4.98. The number of para-hydroxylation sites is 2. The fourth-order valence-electron chi connectivity index (χ4n) is 9.63. The topological polar surface area (TPSA) is 9.72 Å². The normalized spacial score (nSPS) is 14.8. The Morgan fingerprint density at radius 1 is 0.515 bits per heavy atom. The molecule has 0 spiro atoms. The van der Waals surface area contributed by atoms with Crippen molar-refractivity contribution in [1.82, 2.24) is 0 Å². The molecule has 0 aromatic heterocycles. The first-order valence-corrected chi connectivity index (χ1v) is 24.0. The highest BCUT2D eigenvalue weighted by Crippen LogP contribution is 2.41. The van der Waals surface area contributed by atoms with E-state index in [0.29, 0.717) is 0 Å². The molecule has 1 atom stereocenters. The zero-order chi connectivity index (χ0) is 46.1. The molecule has 0 saturated heterocycles. The van der Waals surface area contributed by atoms with Gasteiger partial charge in [0.05, 0.1) is 5.69 Å². The van der Waals surface area contributed by atoms with Gasteiger partial charge in [-0.1, -0.05) is 195 Å². The molecule has 3 nitrogen and oxygen atoms in total. The minimum Gasteiger partial charge on any atom is -0.337 e. The SMILES string of the molecule is CC/C=C\C=C/CN(c1ccc(-c2ccc(N(C3=CCC(C4=CC=C(N(c5ccccc5C)c5cccc6ccccc56)CC=C4)C=C3)c3ccccc3)cc2)cc1)c1cccc2ccccc12. The summed E-state index contributed by atoms with van der Waals surface area (Å²) in [6.45, 7) is 5.14. The van der Waals surface area contributed by atoms with E-state index in [1.807, 2.05) is 0 Å². The van der Waals surface area contributed by atoms with Crippen LogP contribution in [0.15, 0.2) is 272 Å². The molecule has 332 valence electrons. The van der Waals surface area contributed by atoms with Crippen molar-refractivity contribution in [3.8, 4) is 11.1 Å². The lowest BCUT2D eigenvalue weighted by Gasteiger charge is -2.30. The van der Waals surface area contributed by atoms with Gasteiger partial charge in [-0.3, -0.25) is 0 Å². The Hall–Kier alpha value is -8.14.